The lowest BCUT2D eigenvalue weighted by atomic mass is 9.98. The van der Waals surface area contributed by atoms with E-state index in [-0.39, 0.29) is 11.9 Å². The number of aryl methyl sites for hydroxylation is 1. The average molecular weight is 422 g/mol. The molecule has 1 unspecified atom stereocenters. The summed E-state index contributed by atoms with van der Waals surface area (Å²) in [5.74, 6) is 1.28. The predicted molar refractivity (Wildman–Crippen MR) is 118 cm³/mol. The van der Waals surface area contributed by atoms with Gasteiger partial charge in [0, 0.05) is 6.42 Å². The number of hydrogen-bond acceptors (Lipinski definition) is 3. The second-order valence-corrected chi connectivity index (χ2v) is 7.69. The van der Waals surface area contributed by atoms with Crippen molar-refractivity contribution in [2.45, 2.75) is 25.3 Å². The Kier molecular flexibility index (Phi) is 6.55. The standard InChI is InChI=1S/C25H24ClNO3/c26-21-10-5-4-9-20(21)25(28)27-22(13-11-18-7-2-1-3-8-18)19-12-14-23-24(17-19)30-16-6-15-29-23/h1-5,7-10,12,14,17,22H,6,11,13,15-16H2,(H,27,28). The first-order chi connectivity index (χ1) is 14.7. The number of ether oxygens (including phenoxy) is 2. The minimum atomic E-state index is -0.189. The zero-order valence-corrected chi connectivity index (χ0v) is 17.4. The molecule has 154 valence electrons. The number of hydrogen-bond donors (Lipinski definition) is 1. The third-order valence-corrected chi connectivity index (χ3v) is 5.49. The third-order valence-electron chi connectivity index (χ3n) is 5.16. The molecule has 1 atom stereocenters. The van der Waals surface area contributed by atoms with Crippen LogP contribution in [0.2, 0.25) is 5.02 Å². The molecule has 1 heterocycles. The van der Waals surface area contributed by atoms with Gasteiger partial charge >= 0.3 is 0 Å². The Bertz CT molecular complexity index is 1010. The molecule has 3 aromatic carbocycles. The molecule has 0 fully saturated rings. The van der Waals surface area contributed by atoms with Gasteiger partial charge in [-0.25, -0.2) is 0 Å². The molecule has 30 heavy (non-hydrogen) atoms. The maximum absolute atomic E-state index is 13.0. The van der Waals surface area contributed by atoms with Gasteiger partial charge in [-0.15, -0.1) is 0 Å². The lowest BCUT2D eigenvalue weighted by Gasteiger charge is -2.21. The van der Waals surface area contributed by atoms with Crippen LogP contribution in [0.15, 0.2) is 72.8 Å². The van der Waals surface area contributed by atoms with Crippen molar-refractivity contribution in [2.24, 2.45) is 0 Å². The van der Waals surface area contributed by atoms with Gasteiger partial charge in [0.25, 0.3) is 5.91 Å². The molecule has 5 heteroatoms. The smallest absolute Gasteiger partial charge is 0.253 e. The van der Waals surface area contributed by atoms with Crippen LogP contribution in [0.5, 0.6) is 11.5 Å². The van der Waals surface area contributed by atoms with Gasteiger partial charge < -0.3 is 14.8 Å². The fraction of sp³-hybridized carbons (Fsp3) is 0.240. The first-order valence-electron chi connectivity index (χ1n) is 10.2. The number of halogens is 1. The topological polar surface area (TPSA) is 47.6 Å². The summed E-state index contributed by atoms with van der Waals surface area (Å²) in [6, 6.07) is 23.1. The largest absolute Gasteiger partial charge is 0.490 e. The summed E-state index contributed by atoms with van der Waals surface area (Å²) in [5, 5.41) is 3.60. The summed E-state index contributed by atoms with van der Waals surface area (Å²) < 4.78 is 11.6. The number of rotatable bonds is 6. The van der Waals surface area contributed by atoms with E-state index in [1.807, 2.05) is 48.5 Å². The third kappa shape index (κ3) is 4.95. The zero-order chi connectivity index (χ0) is 20.8. The van der Waals surface area contributed by atoms with E-state index in [4.69, 9.17) is 21.1 Å². The van der Waals surface area contributed by atoms with Gasteiger partial charge in [-0.05, 0) is 48.2 Å². The number of fused-ring (bicyclic) bond motifs is 1. The molecule has 3 aromatic rings. The molecule has 0 saturated heterocycles. The van der Waals surface area contributed by atoms with Crippen LogP contribution in [-0.2, 0) is 6.42 Å². The first kappa shape index (κ1) is 20.3. The van der Waals surface area contributed by atoms with Crippen molar-refractivity contribution in [1.82, 2.24) is 5.32 Å². The van der Waals surface area contributed by atoms with Crippen molar-refractivity contribution < 1.29 is 14.3 Å². The molecular formula is C25H24ClNO3. The molecule has 0 aliphatic carbocycles. The van der Waals surface area contributed by atoms with E-state index in [1.165, 1.54) is 5.56 Å². The van der Waals surface area contributed by atoms with E-state index in [9.17, 15) is 4.79 Å². The fourth-order valence-electron chi connectivity index (χ4n) is 3.56. The van der Waals surface area contributed by atoms with E-state index in [0.29, 0.717) is 23.8 Å². The molecule has 1 amide bonds. The Morgan fingerprint density at radius 3 is 2.47 bits per heavy atom. The maximum Gasteiger partial charge on any atom is 0.253 e. The molecule has 1 aliphatic rings. The van der Waals surface area contributed by atoms with E-state index in [2.05, 4.69) is 17.4 Å². The number of carbonyl (C=O) groups is 1. The van der Waals surface area contributed by atoms with Crippen LogP contribution in [0.1, 0.15) is 40.4 Å². The maximum atomic E-state index is 13.0. The van der Waals surface area contributed by atoms with Crippen LogP contribution in [0.3, 0.4) is 0 Å². The SMILES string of the molecule is O=C(NC(CCc1ccccc1)c1ccc2c(c1)OCCCO2)c1ccccc1Cl. The van der Waals surface area contributed by atoms with E-state index >= 15 is 0 Å². The second-order valence-electron chi connectivity index (χ2n) is 7.29. The number of amides is 1. The highest BCUT2D eigenvalue weighted by Gasteiger charge is 2.20. The first-order valence-corrected chi connectivity index (χ1v) is 10.6. The Morgan fingerprint density at radius 2 is 1.67 bits per heavy atom. The minimum Gasteiger partial charge on any atom is -0.490 e. The highest BCUT2D eigenvalue weighted by molar-refractivity contribution is 6.33. The summed E-state index contributed by atoms with van der Waals surface area (Å²) in [6.07, 6.45) is 2.44. The Labute approximate surface area is 181 Å². The lowest BCUT2D eigenvalue weighted by Crippen LogP contribution is -2.29. The Hall–Kier alpha value is -2.98. The molecule has 0 radical (unpaired) electrons. The molecule has 4 rings (SSSR count). The molecule has 0 saturated carbocycles. The number of nitrogens with one attached hydrogen (secondary N) is 1. The Morgan fingerprint density at radius 1 is 0.933 bits per heavy atom. The van der Waals surface area contributed by atoms with Crippen molar-refractivity contribution in [1.29, 1.82) is 0 Å². The van der Waals surface area contributed by atoms with Crippen LogP contribution in [-0.4, -0.2) is 19.1 Å². The van der Waals surface area contributed by atoms with E-state index in [1.54, 1.807) is 12.1 Å². The van der Waals surface area contributed by atoms with Gasteiger partial charge in [0.1, 0.15) is 0 Å². The van der Waals surface area contributed by atoms with Gasteiger partial charge in [0.15, 0.2) is 11.5 Å². The van der Waals surface area contributed by atoms with Crippen molar-refractivity contribution in [2.75, 3.05) is 13.2 Å². The van der Waals surface area contributed by atoms with Crippen LogP contribution >= 0.6 is 11.6 Å². The normalized spacial score (nSPS) is 13.9. The summed E-state index contributed by atoms with van der Waals surface area (Å²) in [7, 11) is 0. The lowest BCUT2D eigenvalue weighted by molar-refractivity contribution is 0.0934. The summed E-state index contributed by atoms with van der Waals surface area (Å²) in [5.41, 5.74) is 2.68. The van der Waals surface area contributed by atoms with Crippen LogP contribution < -0.4 is 14.8 Å². The summed E-state index contributed by atoms with van der Waals surface area (Å²) in [4.78, 5) is 13.0. The monoisotopic (exact) mass is 421 g/mol. The van der Waals surface area contributed by atoms with Gasteiger partial charge in [0.05, 0.1) is 29.8 Å². The minimum absolute atomic E-state index is 0.189. The van der Waals surface area contributed by atoms with Crippen molar-refractivity contribution in [3.8, 4) is 11.5 Å². The van der Waals surface area contributed by atoms with Crippen molar-refractivity contribution in [3.05, 3.63) is 94.5 Å². The van der Waals surface area contributed by atoms with Gasteiger partial charge in [0.2, 0.25) is 0 Å². The van der Waals surface area contributed by atoms with Crippen LogP contribution in [0, 0.1) is 0 Å². The van der Waals surface area contributed by atoms with Crippen molar-refractivity contribution >= 4 is 17.5 Å². The summed E-state index contributed by atoms with van der Waals surface area (Å²) >= 11 is 6.24. The molecular weight excluding hydrogens is 398 g/mol. The number of carbonyl (C=O) groups excluding carboxylic acids is 1. The van der Waals surface area contributed by atoms with E-state index in [0.717, 1.165) is 36.3 Å². The predicted octanol–water partition coefficient (Wildman–Crippen LogP) is 5.61. The average Bonchev–Trinajstić information content (AvgIpc) is 3.02. The molecule has 0 aromatic heterocycles. The highest BCUT2D eigenvalue weighted by atomic mass is 35.5. The van der Waals surface area contributed by atoms with Gasteiger partial charge in [-0.3, -0.25) is 4.79 Å². The Balaban J connectivity index is 1.59. The molecule has 1 aliphatic heterocycles. The second kappa shape index (κ2) is 9.68. The van der Waals surface area contributed by atoms with Gasteiger partial charge in [-0.1, -0.05) is 60.1 Å². The zero-order valence-electron chi connectivity index (χ0n) is 16.6. The van der Waals surface area contributed by atoms with Crippen molar-refractivity contribution in [3.63, 3.8) is 0 Å². The van der Waals surface area contributed by atoms with E-state index < -0.39 is 0 Å². The van der Waals surface area contributed by atoms with Crippen LogP contribution in [0.4, 0.5) is 0 Å². The molecule has 0 spiro atoms. The summed E-state index contributed by atoms with van der Waals surface area (Å²) in [6.45, 7) is 1.27. The van der Waals surface area contributed by atoms with Gasteiger partial charge in [-0.2, -0.15) is 0 Å². The molecule has 4 nitrogen and oxygen atoms in total. The van der Waals surface area contributed by atoms with Crippen LogP contribution in [0.25, 0.3) is 0 Å². The highest BCUT2D eigenvalue weighted by Crippen LogP contribution is 2.33. The quantitative estimate of drug-likeness (QED) is 0.563. The fourth-order valence-corrected chi connectivity index (χ4v) is 3.78. The molecule has 0 bridgehead atoms. The molecule has 1 N–H and O–H groups in total. The number of benzene rings is 3.